The Labute approximate surface area is 171 Å². The Morgan fingerprint density at radius 1 is 0.900 bits per heavy atom. The van der Waals surface area contributed by atoms with E-state index in [4.69, 9.17) is 4.98 Å². The van der Waals surface area contributed by atoms with Gasteiger partial charge in [0, 0.05) is 46.2 Å². The van der Waals surface area contributed by atoms with Crippen molar-refractivity contribution in [1.29, 1.82) is 0 Å². The summed E-state index contributed by atoms with van der Waals surface area (Å²) in [7, 11) is 1.95. The van der Waals surface area contributed by atoms with E-state index >= 15 is 0 Å². The predicted molar refractivity (Wildman–Crippen MR) is 123 cm³/mol. The highest BCUT2D eigenvalue weighted by atomic mass is 16.3. The first-order chi connectivity index (χ1) is 14.7. The third-order valence-corrected chi connectivity index (χ3v) is 6.08. The van der Waals surface area contributed by atoms with Crippen LogP contribution in [-0.2, 0) is 0 Å². The Morgan fingerprint density at radius 3 is 2.50 bits per heavy atom. The first-order valence-corrected chi connectivity index (χ1v) is 10.0. The number of aromatic nitrogens is 2. The van der Waals surface area contributed by atoms with Crippen molar-refractivity contribution in [2.24, 2.45) is 0 Å². The van der Waals surface area contributed by atoms with Gasteiger partial charge in [0.1, 0.15) is 5.65 Å². The topological polar surface area (TPSA) is 57.8 Å². The van der Waals surface area contributed by atoms with Crippen molar-refractivity contribution < 1.29 is 5.11 Å². The Balaban J connectivity index is 1.88. The molecular formula is C25H19N3O2. The number of aliphatic hydroxyl groups is 1. The fourth-order valence-electron chi connectivity index (χ4n) is 4.73. The van der Waals surface area contributed by atoms with Crippen LogP contribution in [-0.4, -0.2) is 34.7 Å². The number of aliphatic hydroxyl groups excluding tert-OH is 1. The average molecular weight is 393 g/mol. The lowest BCUT2D eigenvalue weighted by atomic mass is 9.99. The second kappa shape index (κ2) is 6.15. The van der Waals surface area contributed by atoms with Crippen LogP contribution in [0.2, 0.25) is 0 Å². The summed E-state index contributed by atoms with van der Waals surface area (Å²) in [4.78, 5) is 20.6. The monoisotopic (exact) mass is 393 g/mol. The lowest BCUT2D eigenvalue weighted by molar-refractivity contribution is 0.304. The van der Waals surface area contributed by atoms with Crippen LogP contribution in [0.5, 0.6) is 0 Å². The standard InChI is InChI=1S/C25H19N3O2/c1-27(13-14-29)20-12-11-17-23-16(20)7-4-8-18(23)25(30)28-21-10-3-6-15-5-2-9-19(22(15)21)26-24(17)28/h2-12,29H,13-14H2,1H3. The first kappa shape index (κ1) is 17.2. The smallest absolute Gasteiger partial charge is 0.264 e. The van der Waals surface area contributed by atoms with E-state index in [1.54, 1.807) is 4.40 Å². The van der Waals surface area contributed by atoms with Crippen LogP contribution in [0, 0.1) is 0 Å². The van der Waals surface area contributed by atoms with Gasteiger partial charge in [-0.25, -0.2) is 4.98 Å². The Morgan fingerprint density at radius 2 is 1.67 bits per heavy atom. The van der Waals surface area contributed by atoms with Gasteiger partial charge in [-0.05, 0) is 35.7 Å². The minimum Gasteiger partial charge on any atom is -0.395 e. The molecule has 0 amide bonds. The molecule has 0 bridgehead atoms. The predicted octanol–water partition coefficient (Wildman–Crippen LogP) is 4.17. The number of benzene rings is 4. The quantitative estimate of drug-likeness (QED) is 0.362. The number of anilines is 1. The molecule has 5 nitrogen and oxygen atoms in total. The van der Waals surface area contributed by atoms with Crippen LogP contribution < -0.4 is 10.5 Å². The van der Waals surface area contributed by atoms with Crippen LogP contribution in [0.25, 0.3) is 49.0 Å². The van der Waals surface area contributed by atoms with Crippen molar-refractivity contribution in [1.82, 2.24) is 9.38 Å². The number of likely N-dealkylation sites (N-methyl/N-ethyl adjacent to an activating group) is 1. The van der Waals surface area contributed by atoms with Gasteiger partial charge in [0.15, 0.2) is 0 Å². The van der Waals surface area contributed by atoms with E-state index in [0.717, 1.165) is 43.7 Å². The molecule has 2 heterocycles. The first-order valence-electron chi connectivity index (χ1n) is 10.0. The molecular weight excluding hydrogens is 374 g/mol. The van der Waals surface area contributed by atoms with E-state index in [2.05, 4.69) is 18.2 Å². The van der Waals surface area contributed by atoms with Crippen molar-refractivity contribution >= 4 is 54.7 Å². The van der Waals surface area contributed by atoms with Crippen LogP contribution >= 0.6 is 0 Å². The van der Waals surface area contributed by atoms with Crippen LogP contribution in [0.1, 0.15) is 0 Å². The van der Waals surface area contributed by atoms with E-state index in [1.807, 2.05) is 60.5 Å². The maximum absolute atomic E-state index is 13.7. The minimum absolute atomic E-state index is 0.0594. The van der Waals surface area contributed by atoms with Crippen LogP contribution in [0.3, 0.4) is 0 Å². The average Bonchev–Trinajstić information content (AvgIpc) is 2.77. The largest absolute Gasteiger partial charge is 0.395 e. The summed E-state index contributed by atoms with van der Waals surface area (Å²) in [5.41, 5.74) is 3.37. The maximum atomic E-state index is 13.7. The molecule has 0 fully saturated rings. The van der Waals surface area contributed by atoms with Crippen molar-refractivity contribution in [3.8, 4) is 0 Å². The van der Waals surface area contributed by atoms with Gasteiger partial charge in [0.2, 0.25) is 0 Å². The zero-order chi connectivity index (χ0) is 20.4. The summed E-state index contributed by atoms with van der Waals surface area (Å²) in [5.74, 6) is 0. The SMILES string of the molecule is CN(CCO)c1ccc2c3c1cccc3c(=O)n1c3cccc4cccc(nc21)c43. The zero-order valence-electron chi connectivity index (χ0n) is 16.5. The van der Waals surface area contributed by atoms with E-state index < -0.39 is 0 Å². The molecule has 5 heteroatoms. The molecule has 0 aliphatic carbocycles. The van der Waals surface area contributed by atoms with E-state index in [0.29, 0.717) is 17.6 Å². The molecule has 0 unspecified atom stereocenters. The molecule has 4 aromatic carbocycles. The van der Waals surface area contributed by atoms with E-state index in [1.165, 1.54) is 0 Å². The third-order valence-electron chi connectivity index (χ3n) is 6.08. The number of fused-ring (bicyclic) bond motifs is 3. The fourth-order valence-corrected chi connectivity index (χ4v) is 4.73. The summed E-state index contributed by atoms with van der Waals surface area (Å²) >= 11 is 0. The van der Waals surface area contributed by atoms with Gasteiger partial charge in [0.25, 0.3) is 5.56 Å². The van der Waals surface area contributed by atoms with Crippen molar-refractivity contribution in [2.75, 3.05) is 25.1 Å². The molecule has 0 aliphatic heterocycles. The molecule has 0 atom stereocenters. The Hall–Kier alpha value is -3.70. The number of hydrogen-bond acceptors (Lipinski definition) is 4. The number of hydrogen-bond donors (Lipinski definition) is 1. The molecule has 30 heavy (non-hydrogen) atoms. The van der Waals surface area contributed by atoms with Gasteiger partial charge in [0.05, 0.1) is 17.6 Å². The maximum Gasteiger partial charge on any atom is 0.264 e. The van der Waals surface area contributed by atoms with Crippen molar-refractivity contribution in [3.05, 3.63) is 77.1 Å². The highest BCUT2D eigenvalue weighted by Gasteiger charge is 2.18. The summed E-state index contributed by atoms with van der Waals surface area (Å²) in [6, 6.07) is 22.0. The van der Waals surface area contributed by atoms with Gasteiger partial charge in [-0.3, -0.25) is 9.20 Å². The molecule has 0 saturated heterocycles. The van der Waals surface area contributed by atoms with Crippen LogP contribution in [0.15, 0.2) is 71.5 Å². The second-order valence-corrected chi connectivity index (χ2v) is 7.73. The summed E-state index contributed by atoms with van der Waals surface area (Å²) in [5, 5.41) is 15.0. The highest BCUT2D eigenvalue weighted by molar-refractivity contribution is 6.19. The molecule has 0 aliphatic rings. The van der Waals surface area contributed by atoms with Gasteiger partial charge in [-0.2, -0.15) is 0 Å². The summed E-state index contributed by atoms with van der Waals surface area (Å²) in [6.07, 6.45) is 0. The zero-order valence-corrected chi connectivity index (χ0v) is 16.5. The number of pyridine rings is 1. The molecule has 0 saturated carbocycles. The lowest BCUT2D eigenvalue weighted by Gasteiger charge is -2.22. The van der Waals surface area contributed by atoms with Gasteiger partial charge in [-0.1, -0.05) is 36.4 Å². The molecule has 146 valence electrons. The highest BCUT2D eigenvalue weighted by Crippen LogP contribution is 2.35. The fraction of sp³-hybridized carbons (Fsp3) is 0.120. The normalized spacial score (nSPS) is 12.1. The molecule has 1 N–H and O–H groups in total. The molecule has 6 aromatic rings. The molecule has 6 rings (SSSR count). The second-order valence-electron chi connectivity index (χ2n) is 7.73. The van der Waals surface area contributed by atoms with Crippen molar-refractivity contribution in [2.45, 2.75) is 0 Å². The Bertz CT molecular complexity index is 1650. The van der Waals surface area contributed by atoms with Gasteiger partial charge in [-0.15, -0.1) is 0 Å². The number of nitrogens with zero attached hydrogens (tertiary/aromatic N) is 3. The Kier molecular flexibility index (Phi) is 3.52. The van der Waals surface area contributed by atoms with E-state index in [9.17, 15) is 9.90 Å². The molecule has 2 aromatic heterocycles. The number of rotatable bonds is 3. The molecule has 0 spiro atoms. The summed E-state index contributed by atoms with van der Waals surface area (Å²) < 4.78 is 1.75. The summed E-state index contributed by atoms with van der Waals surface area (Å²) in [6.45, 7) is 0.592. The van der Waals surface area contributed by atoms with Gasteiger partial charge < -0.3 is 10.0 Å². The lowest BCUT2D eigenvalue weighted by Crippen LogP contribution is -2.22. The molecule has 0 radical (unpaired) electrons. The van der Waals surface area contributed by atoms with Crippen LogP contribution in [0.4, 0.5) is 5.69 Å². The minimum atomic E-state index is -0.0594. The third kappa shape index (κ3) is 2.15. The van der Waals surface area contributed by atoms with Gasteiger partial charge >= 0.3 is 0 Å². The van der Waals surface area contributed by atoms with E-state index in [-0.39, 0.29) is 12.2 Å². The van der Waals surface area contributed by atoms with Crippen molar-refractivity contribution in [3.63, 3.8) is 0 Å².